The molecule has 0 N–H and O–H groups in total. The second-order valence-corrected chi connectivity index (χ2v) is 6.12. The number of aryl methyl sites for hydroxylation is 1. The summed E-state index contributed by atoms with van der Waals surface area (Å²) in [4.78, 5) is 11.7. The molecule has 0 amide bonds. The van der Waals surface area contributed by atoms with Gasteiger partial charge in [-0.3, -0.25) is 0 Å². The number of carbonyl (C=O) groups is 1. The molecule has 1 aliphatic carbocycles. The summed E-state index contributed by atoms with van der Waals surface area (Å²) in [5.41, 5.74) is 2.19. The highest BCUT2D eigenvalue weighted by Gasteiger charge is 2.30. The first kappa shape index (κ1) is 15.9. The van der Waals surface area contributed by atoms with Gasteiger partial charge >= 0.3 is 0 Å². The van der Waals surface area contributed by atoms with E-state index in [1.807, 2.05) is 13.0 Å². The SMILES string of the molecule is COc1cc(C(CC(C)=O)C2CCCC2)c(OC)cc1C. The minimum atomic E-state index is 0.244. The average molecular weight is 290 g/mol. The molecular formula is C18H26O3. The molecular weight excluding hydrogens is 264 g/mol. The predicted molar refractivity (Wildman–Crippen MR) is 84.3 cm³/mol. The number of carbonyl (C=O) groups excluding carboxylic acids is 1. The molecule has 1 aromatic rings. The number of hydrogen-bond acceptors (Lipinski definition) is 3. The van der Waals surface area contributed by atoms with Crippen molar-refractivity contribution in [2.24, 2.45) is 5.92 Å². The Kier molecular flexibility index (Phi) is 5.27. The third-order valence-corrected chi connectivity index (χ3v) is 4.62. The lowest BCUT2D eigenvalue weighted by Gasteiger charge is -2.25. The Hall–Kier alpha value is -1.51. The first-order valence-electron chi connectivity index (χ1n) is 7.78. The number of Topliss-reactive ketones (excluding diaryl/α,β-unsaturated/α-hetero) is 1. The molecule has 0 bridgehead atoms. The zero-order valence-electron chi connectivity index (χ0n) is 13.6. The number of ketones is 1. The second kappa shape index (κ2) is 6.97. The van der Waals surface area contributed by atoms with Gasteiger partial charge in [0.1, 0.15) is 17.3 Å². The highest BCUT2D eigenvalue weighted by atomic mass is 16.5. The van der Waals surface area contributed by atoms with Crippen molar-refractivity contribution >= 4 is 5.78 Å². The fourth-order valence-corrected chi connectivity index (χ4v) is 3.56. The Bertz CT molecular complexity index is 501. The molecule has 1 aromatic carbocycles. The molecule has 21 heavy (non-hydrogen) atoms. The molecule has 1 atom stereocenters. The fraction of sp³-hybridized carbons (Fsp3) is 0.611. The van der Waals surface area contributed by atoms with Crippen LogP contribution in [0.5, 0.6) is 11.5 Å². The lowest BCUT2D eigenvalue weighted by molar-refractivity contribution is -0.117. The molecule has 0 saturated heterocycles. The molecule has 3 heteroatoms. The smallest absolute Gasteiger partial charge is 0.130 e. The summed E-state index contributed by atoms with van der Waals surface area (Å²) in [6.45, 7) is 3.69. The van der Waals surface area contributed by atoms with Crippen LogP contribution in [-0.4, -0.2) is 20.0 Å². The molecule has 0 heterocycles. The van der Waals surface area contributed by atoms with Crippen LogP contribution in [0.2, 0.25) is 0 Å². The molecule has 1 aliphatic rings. The average Bonchev–Trinajstić information content (AvgIpc) is 2.98. The van der Waals surface area contributed by atoms with Crippen molar-refractivity contribution in [2.45, 2.75) is 51.9 Å². The van der Waals surface area contributed by atoms with Gasteiger partial charge in [-0.25, -0.2) is 0 Å². The molecule has 0 radical (unpaired) electrons. The Morgan fingerprint density at radius 2 is 1.81 bits per heavy atom. The topological polar surface area (TPSA) is 35.5 Å². The summed E-state index contributed by atoms with van der Waals surface area (Å²) in [7, 11) is 3.39. The quantitative estimate of drug-likeness (QED) is 0.785. The normalized spacial score (nSPS) is 16.8. The van der Waals surface area contributed by atoms with Crippen molar-refractivity contribution in [2.75, 3.05) is 14.2 Å². The number of methoxy groups -OCH3 is 2. The molecule has 0 aliphatic heterocycles. The van der Waals surface area contributed by atoms with Gasteiger partial charge < -0.3 is 14.3 Å². The number of rotatable bonds is 6. The van der Waals surface area contributed by atoms with E-state index in [0.29, 0.717) is 12.3 Å². The van der Waals surface area contributed by atoms with E-state index in [2.05, 4.69) is 6.07 Å². The third-order valence-electron chi connectivity index (χ3n) is 4.62. The van der Waals surface area contributed by atoms with Crippen LogP contribution in [0.4, 0.5) is 0 Å². The maximum atomic E-state index is 11.7. The van der Waals surface area contributed by atoms with Crippen LogP contribution in [0.25, 0.3) is 0 Å². The third kappa shape index (κ3) is 3.58. The van der Waals surface area contributed by atoms with E-state index in [1.54, 1.807) is 21.1 Å². The highest BCUT2D eigenvalue weighted by Crippen LogP contribution is 2.44. The molecule has 3 nitrogen and oxygen atoms in total. The second-order valence-electron chi connectivity index (χ2n) is 6.12. The van der Waals surface area contributed by atoms with Crippen LogP contribution < -0.4 is 9.47 Å². The van der Waals surface area contributed by atoms with Gasteiger partial charge in [-0.2, -0.15) is 0 Å². The van der Waals surface area contributed by atoms with E-state index in [1.165, 1.54) is 25.7 Å². The Balaban J connectivity index is 2.43. The first-order valence-corrected chi connectivity index (χ1v) is 7.78. The van der Waals surface area contributed by atoms with Crippen molar-refractivity contribution < 1.29 is 14.3 Å². The van der Waals surface area contributed by atoms with Crippen LogP contribution in [0, 0.1) is 12.8 Å². The first-order chi connectivity index (χ1) is 10.1. The maximum Gasteiger partial charge on any atom is 0.130 e. The van der Waals surface area contributed by atoms with E-state index in [9.17, 15) is 4.79 Å². The fourth-order valence-electron chi connectivity index (χ4n) is 3.56. The van der Waals surface area contributed by atoms with Gasteiger partial charge in [-0.1, -0.05) is 12.8 Å². The largest absolute Gasteiger partial charge is 0.496 e. The standard InChI is InChI=1S/C18H26O3/c1-12-9-18(21-4)16(11-17(12)20-3)15(10-13(2)19)14-7-5-6-8-14/h9,11,14-15H,5-8,10H2,1-4H3. The number of hydrogen-bond donors (Lipinski definition) is 0. The summed E-state index contributed by atoms with van der Waals surface area (Å²) in [6, 6.07) is 4.09. The minimum Gasteiger partial charge on any atom is -0.496 e. The molecule has 1 unspecified atom stereocenters. The van der Waals surface area contributed by atoms with Crippen molar-refractivity contribution in [3.05, 3.63) is 23.3 Å². The van der Waals surface area contributed by atoms with Crippen molar-refractivity contribution in [1.82, 2.24) is 0 Å². The minimum absolute atomic E-state index is 0.244. The van der Waals surface area contributed by atoms with Gasteiger partial charge in [0.2, 0.25) is 0 Å². The molecule has 0 spiro atoms. The zero-order valence-corrected chi connectivity index (χ0v) is 13.6. The van der Waals surface area contributed by atoms with E-state index < -0.39 is 0 Å². The van der Waals surface area contributed by atoms with E-state index >= 15 is 0 Å². The lowest BCUT2D eigenvalue weighted by atomic mass is 9.80. The van der Waals surface area contributed by atoms with Crippen LogP contribution >= 0.6 is 0 Å². The van der Waals surface area contributed by atoms with Crippen LogP contribution in [-0.2, 0) is 4.79 Å². The predicted octanol–water partition coefficient (Wildman–Crippen LogP) is 4.27. The molecule has 2 rings (SSSR count). The number of ether oxygens (including phenoxy) is 2. The summed E-state index contributed by atoms with van der Waals surface area (Å²) in [5.74, 6) is 2.82. The van der Waals surface area contributed by atoms with Gasteiger partial charge in [0, 0.05) is 12.0 Å². The van der Waals surface area contributed by atoms with E-state index in [4.69, 9.17) is 9.47 Å². The van der Waals surface area contributed by atoms with Crippen molar-refractivity contribution in [1.29, 1.82) is 0 Å². The zero-order chi connectivity index (χ0) is 15.4. The van der Waals surface area contributed by atoms with Gasteiger partial charge in [0.05, 0.1) is 14.2 Å². The Labute approximate surface area is 127 Å². The molecule has 116 valence electrons. The van der Waals surface area contributed by atoms with Crippen LogP contribution in [0.1, 0.15) is 56.1 Å². The highest BCUT2D eigenvalue weighted by molar-refractivity contribution is 5.76. The van der Waals surface area contributed by atoms with Gasteiger partial charge in [0.15, 0.2) is 0 Å². The summed E-state index contributed by atoms with van der Waals surface area (Å²) >= 11 is 0. The van der Waals surface area contributed by atoms with Crippen molar-refractivity contribution in [3.8, 4) is 11.5 Å². The van der Waals surface area contributed by atoms with Gasteiger partial charge in [0.25, 0.3) is 0 Å². The van der Waals surface area contributed by atoms with Crippen molar-refractivity contribution in [3.63, 3.8) is 0 Å². The summed E-state index contributed by atoms with van der Waals surface area (Å²) in [5, 5.41) is 0. The maximum absolute atomic E-state index is 11.7. The molecule has 0 aromatic heterocycles. The monoisotopic (exact) mass is 290 g/mol. The van der Waals surface area contributed by atoms with E-state index in [0.717, 1.165) is 22.6 Å². The van der Waals surface area contributed by atoms with Crippen LogP contribution in [0.15, 0.2) is 12.1 Å². The summed E-state index contributed by atoms with van der Waals surface area (Å²) in [6.07, 6.45) is 5.54. The summed E-state index contributed by atoms with van der Waals surface area (Å²) < 4.78 is 11.0. The van der Waals surface area contributed by atoms with E-state index in [-0.39, 0.29) is 11.7 Å². The lowest BCUT2D eigenvalue weighted by Crippen LogP contribution is -2.15. The van der Waals surface area contributed by atoms with Gasteiger partial charge in [-0.05, 0) is 56.2 Å². The molecule has 1 fully saturated rings. The van der Waals surface area contributed by atoms with Crippen LogP contribution in [0.3, 0.4) is 0 Å². The molecule has 1 saturated carbocycles. The number of benzene rings is 1. The van der Waals surface area contributed by atoms with Gasteiger partial charge in [-0.15, -0.1) is 0 Å². The Morgan fingerprint density at radius 3 is 2.33 bits per heavy atom. The Morgan fingerprint density at radius 1 is 1.19 bits per heavy atom.